The number of nitrogens with zero attached hydrogens (tertiary/aromatic N) is 3. The first-order valence-electron chi connectivity index (χ1n) is 7.05. The van der Waals surface area contributed by atoms with E-state index in [1.54, 1.807) is 7.11 Å². The zero-order valence-corrected chi connectivity index (χ0v) is 12.5. The number of rotatable bonds is 8. The lowest BCUT2D eigenvalue weighted by Gasteiger charge is -2.12. The summed E-state index contributed by atoms with van der Waals surface area (Å²) in [4.78, 5) is 4.24. The Morgan fingerprint density at radius 3 is 3.00 bits per heavy atom. The van der Waals surface area contributed by atoms with Crippen LogP contribution in [0.2, 0.25) is 0 Å². The van der Waals surface area contributed by atoms with E-state index < -0.39 is 0 Å². The second kappa shape index (κ2) is 7.26. The van der Waals surface area contributed by atoms with Gasteiger partial charge in [0.1, 0.15) is 0 Å². The summed E-state index contributed by atoms with van der Waals surface area (Å²) in [5, 5.41) is 3.35. The maximum Gasteiger partial charge on any atom is 0.0951 e. The summed E-state index contributed by atoms with van der Waals surface area (Å²) in [7, 11) is 1.72. The summed E-state index contributed by atoms with van der Waals surface area (Å²) in [6.07, 6.45) is 8.13. The molecule has 0 spiro atoms. The predicted octanol–water partition coefficient (Wildman–Crippen LogP) is 2.05. The van der Waals surface area contributed by atoms with Crippen LogP contribution in [0.5, 0.6) is 0 Å². The van der Waals surface area contributed by atoms with Gasteiger partial charge in [0.15, 0.2) is 0 Å². The average Bonchev–Trinajstić information content (AvgIpc) is 3.04. The smallest absolute Gasteiger partial charge is 0.0951 e. The topological polar surface area (TPSA) is 44.0 Å². The quantitative estimate of drug-likeness (QED) is 0.751. The number of hydrogen-bond acceptors (Lipinski definition) is 3. The summed E-state index contributed by atoms with van der Waals surface area (Å²) in [6, 6.07) is 2.59. The van der Waals surface area contributed by atoms with Crippen molar-refractivity contribution in [3.8, 4) is 0 Å². The Morgan fingerprint density at radius 2 is 2.25 bits per heavy atom. The van der Waals surface area contributed by atoms with Crippen molar-refractivity contribution in [1.82, 2.24) is 19.4 Å². The zero-order chi connectivity index (χ0) is 14.4. The van der Waals surface area contributed by atoms with Crippen molar-refractivity contribution >= 4 is 0 Å². The third-order valence-electron chi connectivity index (χ3n) is 3.27. The highest BCUT2D eigenvalue weighted by atomic mass is 16.5. The molecule has 0 aliphatic carbocycles. The van der Waals surface area contributed by atoms with E-state index in [0.29, 0.717) is 6.04 Å². The Labute approximate surface area is 120 Å². The highest BCUT2D eigenvalue weighted by Gasteiger charge is 2.06. The lowest BCUT2D eigenvalue weighted by Crippen LogP contribution is -2.18. The van der Waals surface area contributed by atoms with Crippen molar-refractivity contribution in [2.45, 2.75) is 33.0 Å². The van der Waals surface area contributed by atoms with Gasteiger partial charge < -0.3 is 19.2 Å². The molecule has 0 fully saturated rings. The van der Waals surface area contributed by atoms with Crippen LogP contribution < -0.4 is 5.32 Å². The molecule has 0 unspecified atom stereocenters. The fraction of sp³-hybridized carbons (Fsp3) is 0.533. The third-order valence-corrected chi connectivity index (χ3v) is 3.27. The van der Waals surface area contributed by atoms with E-state index in [1.165, 1.54) is 11.3 Å². The molecule has 0 saturated heterocycles. The number of ether oxygens (including phenoxy) is 1. The second-order valence-corrected chi connectivity index (χ2v) is 5.25. The lowest BCUT2D eigenvalue weighted by atomic mass is 10.3. The van der Waals surface area contributed by atoms with E-state index >= 15 is 0 Å². The van der Waals surface area contributed by atoms with Crippen molar-refractivity contribution in [2.75, 3.05) is 20.3 Å². The summed E-state index contributed by atoms with van der Waals surface area (Å²) >= 11 is 0. The van der Waals surface area contributed by atoms with E-state index in [0.717, 1.165) is 26.2 Å². The van der Waals surface area contributed by atoms with Crippen LogP contribution in [0.4, 0.5) is 0 Å². The summed E-state index contributed by atoms with van der Waals surface area (Å²) in [6.45, 7) is 7.70. The van der Waals surface area contributed by atoms with Crippen LogP contribution in [0.15, 0.2) is 31.0 Å². The molecule has 0 bridgehead atoms. The maximum atomic E-state index is 5.01. The molecule has 110 valence electrons. The number of methoxy groups -OCH3 is 1. The largest absolute Gasteiger partial charge is 0.383 e. The number of nitrogens with one attached hydrogen (secondary N) is 1. The van der Waals surface area contributed by atoms with Crippen LogP contribution in [0.3, 0.4) is 0 Å². The first-order valence-corrected chi connectivity index (χ1v) is 7.05. The molecule has 2 aromatic rings. The molecule has 0 aliphatic rings. The molecule has 0 radical (unpaired) electrons. The summed E-state index contributed by atoms with van der Waals surface area (Å²) in [5.41, 5.74) is 2.52. The molecule has 2 aromatic heterocycles. The molecule has 0 atom stereocenters. The lowest BCUT2D eigenvalue weighted by molar-refractivity contribution is 0.199. The zero-order valence-electron chi connectivity index (χ0n) is 12.5. The SMILES string of the molecule is COCCNCc1ccn(Cc2cncn2C(C)C)c1. The van der Waals surface area contributed by atoms with E-state index in [-0.39, 0.29) is 0 Å². The molecular formula is C15H24N4O. The Morgan fingerprint density at radius 1 is 1.40 bits per heavy atom. The minimum absolute atomic E-state index is 0.443. The number of aromatic nitrogens is 3. The first kappa shape index (κ1) is 14.8. The molecule has 0 amide bonds. The minimum atomic E-state index is 0.443. The van der Waals surface area contributed by atoms with Crippen LogP contribution in [0.1, 0.15) is 31.1 Å². The van der Waals surface area contributed by atoms with Crippen LogP contribution in [0.25, 0.3) is 0 Å². The summed E-state index contributed by atoms with van der Waals surface area (Å²) in [5.74, 6) is 0. The number of imidazole rings is 1. The standard InChI is InChI=1S/C15H24N4O/c1-13(2)19-12-17-9-15(19)11-18-6-4-14(10-18)8-16-5-7-20-3/h4,6,9-10,12-13,16H,5,7-8,11H2,1-3H3. The van der Waals surface area contributed by atoms with E-state index in [4.69, 9.17) is 4.74 Å². The Bertz CT molecular complexity index is 515. The molecule has 0 aliphatic heterocycles. The van der Waals surface area contributed by atoms with Crippen molar-refractivity contribution in [3.63, 3.8) is 0 Å². The van der Waals surface area contributed by atoms with Crippen LogP contribution in [-0.4, -0.2) is 34.4 Å². The minimum Gasteiger partial charge on any atom is -0.383 e. The Hall–Kier alpha value is -1.59. The van der Waals surface area contributed by atoms with Crippen molar-refractivity contribution in [1.29, 1.82) is 0 Å². The van der Waals surface area contributed by atoms with Gasteiger partial charge in [-0.2, -0.15) is 0 Å². The fourth-order valence-electron chi connectivity index (χ4n) is 2.21. The van der Waals surface area contributed by atoms with Crippen molar-refractivity contribution in [3.05, 3.63) is 42.2 Å². The molecule has 5 heteroatoms. The normalized spacial score (nSPS) is 11.4. The summed E-state index contributed by atoms with van der Waals surface area (Å²) < 4.78 is 9.42. The highest BCUT2D eigenvalue weighted by Crippen LogP contribution is 2.11. The van der Waals surface area contributed by atoms with Crippen LogP contribution in [-0.2, 0) is 17.8 Å². The van der Waals surface area contributed by atoms with E-state index in [2.05, 4.69) is 51.7 Å². The van der Waals surface area contributed by atoms with Gasteiger partial charge in [0.25, 0.3) is 0 Å². The van der Waals surface area contributed by atoms with Gasteiger partial charge in [-0.15, -0.1) is 0 Å². The van der Waals surface area contributed by atoms with Gasteiger partial charge in [-0.05, 0) is 25.5 Å². The molecule has 0 saturated carbocycles. The molecular weight excluding hydrogens is 252 g/mol. The number of hydrogen-bond donors (Lipinski definition) is 1. The molecule has 20 heavy (non-hydrogen) atoms. The first-order chi connectivity index (χ1) is 9.70. The van der Waals surface area contributed by atoms with Crippen LogP contribution in [0, 0.1) is 0 Å². The monoisotopic (exact) mass is 276 g/mol. The Balaban J connectivity index is 1.90. The molecule has 1 N–H and O–H groups in total. The second-order valence-electron chi connectivity index (χ2n) is 5.25. The molecule has 0 aromatic carbocycles. The molecule has 2 heterocycles. The van der Waals surface area contributed by atoms with E-state index in [1.807, 2.05) is 12.5 Å². The van der Waals surface area contributed by atoms with Crippen molar-refractivity contribution in [2.24, 2.45) is 0 Å². The van der Waals surface area contributed by atoms with Gasteiger partial charge in [0, 0.05) is 44.8 Å². The Kier molecular flexibility index (Phi) is 5.38. The van der Waals surface area contributed by atoms with Gasteiger partial charge in [0.05, 0.1) is 25.2 Å². The van der Waals surface area contributed by atoms with Crippen molar-refractivity contribution < 1.29 is 4.74 Å². The van der Waals surface area contributed by atoms with Gasteiger partial charge in [0.2, 0.25) is 0 Å². The van der Waals surface area contributed by atoms with E-state index in [9.17, 15) is 0 Å². The molecule has 5 nitrogen and oxygen atoms in total. The van der Waals surface area contributed by atoms with Gasteiger partial charge >= 0.3 is 0 Å². The van der Waals surface area contributed by atoms with Gasteiger partial charge in [-0.25, -0.2) is 4.98 Å². The van der Waals surface area contributed by atoms with Crippen LogP contribution >= 0.6 is 0 Å². The third kappa shape index (κ3) is 3.95. The predicted molar refractivity (Wildman–Crippen MR) is 79.7 cm³/mol. The highest BCUT2D eigenvalue weighted by molar-refractivity contribution is 5.12. The van der Waals surface area contributed by atoms with Gasteiger partial charge in [-0.3, -0.25) is 0 Å². The fourth-order valence-corrected chi connectivity index (χ4v) is 2.21. The maximum absolute atomic E-state index is 5.01. The average molecular weight is 276 g/mol. The van der Waals surface area contributed by atoms with Gasteiger partial charge in [-0.1, -0.05) is 0 Å². The molecule has 2 rings (SSSR count).